The lowest BCUT2D eigenvalue weighted by Gasteiger charge is -2.26. The average molecular weight is 501 g/mol. The molecule has 1 saturated heterocycles. The van der Waals surface area contributed by atoms with E-state index in [1.165, 1.54) is 4.90 Å². The predicted molar refractivity (Wildman–Crippen MR) is 144 cm³/mol. The van der Waals surface area contributed by atoms with Crippen LogP contribution < -0.4 is 14.4 Å². The molecule has 0 spiro atoms. The van der Waals surface area contributed by atoms with Crippen molar-refractivity contribution < 1.29 is 24.2 Å². The molecule has 0 bridgehead atoms. The van der Waals surface area contributed by atoms with Gasteiger partial charge in [-0.3, -0.25) is 9.59 Å². The number of hydrogen-bond acceptors (Lipinski definition) is 6. The van der Waals surface area contributed by atoms with Gasteiger partial charge in [0.15, 0.2) is 0 Å². The van der Waals surface area contributed by atoms with Gasteiger partial charge in [-0.15, -0.1) is 0 Å². The molecule has 7 nitrogen and oxygen atoms in total. The summed E-state index contributed by atoms with van der Waals surface area (Å²) in [4.78, 5) is 30.2. The van der Waals surface area contributed by atoms with E-state index in [0.29, 0.717) is 30.3 Å². The number of nitrogens with zero attached hydrogens (tertiary/aromatic N) is 2. The van der Waals surface area contributed by atoms with Gasteiger partial charge in [0.2, 0.25) is 0 Å². The second kappa shape index (κ2) is 11.2. The van der Waals surface area contributed by atoms with Crippen molar-refractivity contribution in [3.8, 4) is 11.5 Å². The molecular formula is C30H32N2O5. The van der Waals surface area contributed by atoms with Gasteiger partial charge >= 0.3 is 0 Å². The minimum Gasteiger partial charge on any atom is -0.507 e. The van der Waals surface area contributed by atoms with Crippen LogP contribution in [0.25, 0.3) is 5.76 Å². The van der Waals surface area contributed by atoms with Crippen LogP contribution in [0.5, 0.6) is 11.5 Å². The fourth-order valence-corrected chi connectivity index (χ4v) is 4.50. The molecule has 7 heteroatoms. The number of aliphatic hydroxyl groups excluding tert-OH is 1. The highest BCUT2D eigenvalue weighted by atomic mass is 16.5. The summed E-state index contributed by atoms with van der Waals surface area (Å²) in [5.41, 5.74) is 3.00. The molecule has 0 aromatic heterocycles. The Labute approximate surface area is 217 Å². The molecule has 4 rings (SSSR count). The number of ketones is 1. The highest BCUT2D eigenvalue weighted by Gasteiger charge is 2.46. The maximum Gasteiger partial charge on any atom is 0.295 e. The number of Topliss-reactive ketones (excluding diaryl/α,β-unsaturated/α-hetero) is 1. The van der Waals surface area contributed by atoms with Crippen LogP contribution in [0, 0.1) is 0 Å². The molecule has 1 unspecified atom stereocenters. The number of carbonyl (C=O) groups is 2. The van der Waals surface area contributed by atoms with Crippen LogP contribution in [-0.4, -0.2) is 49.0 Å². The van der Waals surface area contributed by atoms with Crippen molar-refractivity contribution in [2.24, 2.45) is 0 Å². The van der Waals surface area contributed by atoms with Gasteiger partial charge in [-0.05, 0) is 61.4 Å². The lowest BCUT2D eigenvalue weighted by atomic mass is 9.95. The smallest absolute Gasteiger partial charge is 0.295 e. The minimum atomic E-state index is -0.761. The highest BCUT2D eigenvalue weighted by molar-refractivity contribution is 6.46. The Morgan fingerprint density at radius 1 is 0.892 bits per heavy atom. The summed E-state index contributed by atoms with van der Waals surface area (Å²) >= 11 is 0. The largest absolute Gasteiger partial charge is 0.507 e. The number of benzene rings is 3. The van der Waals surface area contributed by atoms with E-state index >= 15 is 0 Å². The summed E-state index contributed by atoms with van der Waals surface area (Å²) in [5, 5.41) is 11.4. The van der Waals surface area contributed by atoms with Crippen molar-refractivity contribution >= 4 is 23.1 Å². The first-order chi connectivity index (χ1) is 17.8. The Kier molecular flexibility index (Phi) is 7.82. The Hall–Kier alpha value is -4.26. The van der Waals surface area contributed by atoms with Crippen molar-refractivity contribution in [2.75, 3.05) is 32.2 Å². The number of rotatable bonds is 9. The molecule has 192 valence electrons. The maximum absolute atomic E-state index is 13.4. The molecule has 1 amide bonds. The monoisotopic (exact) mass is 500 g/mol. The lowest BCUT2D eigenvalue weighted by molar-refractivity contribution is -0.140. The minimum absolute atomic E-state index is 0.0530. The van der Waals surface area contributed by atoms with E-state index in [-0.39, 0.29) is 17.9 Å². The van der Waals surface area contributed by atoms with Crippen molar-refractivity contribution in [3.05, 3.63) is 95.1 Å². The molecule has 0 aliphatic carbocycles. The first-order valence-corrected chi connectivity index (χ1v) is 12.3. The Balaban J connectivity index is 1.82. The van der Waals surface area contributed by atoms with Crippen LogP contribution >= 0.6 is 0 Å². The van der Waals surface area contributed by atoms with Crippen molar-refractivity contribution in [2.45, 2.75) is 26.4 Å². The van der Waals surface area contributed by atoms with E-state index in [9.17, 15) is 14.7 Å². The topological polar surface area (TPSA) is 79.3 Å². The molecule has 1 aliphatic heterocycles. The normalized spacial score (nSPS) is 16.6. The fraction of sp³-hybridized carbons (Fsp3) is 0.267. The van der Waals surface area contributed by atoms with Gasteiger partial charge < -0.3 is 24.4 Å². The van der Waals surface area contributed by atoms with E-state index in [2.05, 4.69) is 0 Å². The van der Waals surface area contributed by atoms with E-state index in [1.807, 2.05) is 81.4 Å². The second-order valence-corrected chi connectivity index (χ2v) is 8.95. The van der Waals surface area contributed by atoms with Gasteiger partial charge in [0.05, 0.1) is 24.8 Å². The summed E-state index contributed by atoms with van der Waals surface area (Å²) in [5.74, 6) is -0.350. The third-order valence-electron chi connectivity index (χ3n) is 6.25. The molecule has 1 fully saturated rings. The van der Waals surface area contributed by atoms with Crippen LogP contribution in [0.2, 0.25) is 0 Å². The molecule has 37 heavy (non-hydrogen) atoms. The molecule has 1 aliphatic rings. The molecule has 0 saturated carbocycles. The Morgan fingerprint density at radius 3 is 2.14 bits per heavy atom. The van der Waals surface area contributed by atoms with Crippen LogP contribution in [0.4, 0.5) is 5.69 Å². The number of aliphatic hydroxyl groups is 1. The molecule has 3 aromatic rings. The second-order valence-electron chi connectivity index (χ2n) is 8.95. The van der Waals surface area contributed by atoms with Gasteiger partial charge in [-0.25, -0.2) is 0 Å². The number of anilines is 1. The van der Waals surface area contributed by atoms with Crippen LogP contribution in [0.15, 0.2) is 78.4 Å². The molecule has 1 heterocycles. The van der Waals surface area contributed by atoms with Crippen molar-refractivity contribution in [1.82, 2.24) is 4.90 Å². The zero-order valence-electron chi connectivity index (χ0n) is 21.6. The molecule has 1 atom stereocenters. The van der Waals surface area contributed by atoms with Crippen LogP contribution in [-0.2, 0) is 16.1 Å². The molecule has 3 aromatic carbocycles. The zero-order chi connectivity index (χ0) is 26.5. The number of likely N-dealkylation sites (tertiary alicyclic amines) is 1. The first-order valence-electron chi connectivity index (χ1n) is 12.3. The highest BCUT2D eigenvalue weighted by Crippen LogP contribution is 2.41. The quantitative estimate of drug-likeness (QED) is 0.248. The summed E-state index contributed by atoms with van der Waals surface area (Å²) in [7, 11) is 3.88. The van der Waals surface area contributed by atoms with Crippen LogP contribution in [0.1, 0.15) is 36.6 Å². The van der Waals surface area contributed by atoms with E-state index in [4.69, 9.17) is 9.47 Å². The number of carbonyl (C=O) groups excluding carboxylic acids is 2. The third-order valence-corrected chi connectivity index (χ3v) is 6.25. The van der Waals surface area contributed by atoms with Gasteiger partial charge in [-0.1, -0.05) is 36.4 Å². The van der Waals surface area contributed by atoms with Gasteiger partial charge in [0.1, 0.15) is 17.3 Å². The summed E-state index contributed by atoms with van der Waals surface area (Å²) < 4.78 is 11.2. The summed E-state index contributed by atoms with van der Waals surface area (Å²) in [6.45, 7) is 4.95. The van der Waals surface area contributed by atoms with Gasteiger partial charge in [0.25, 0.3) is 11.7 Å². The van der Waals surface area contributed by atoms with Crippen molar-refractivity contribution in [1.29, 1.82) is 0 Å². The maximum atomic E-state index is 13.4. The Morgan fingerprint density at radius 2 is 1.51 bits per heavy atom. The number of hydrogen-bond donors (Lipinski definition) is 1. The summed E-state index contributed by atoms with van der Waals surface area (Å²) in [6.07, 6.45) is 0. The zero-order valence-corrected chi connectivity index (χ0v) is 21.6. The lowest BCUT2D eigenvalue weighted by Crippen LogP contribution is -2.29. The van der Waals surface area contributed by atoms with Gasteiger partial charge in [0, 0.05) is 31.9 Å². The van der Waals surface area contributed by atoms with Crippen LogP contribution in [0.3, 0.4) is 0 Å². The van der Waals surface area contributed by atoms with Gasteiger partial charge in [-0.2, -0.15) is 0 Å². The third kappa shape index (κ3) is 5.45. The summed E-state index contributed by atoms with van der Waals surface area (Å²) in [6, 6.07) is 21.2. The molecule has 1 N–H and O–H groups in total. The van der Waals surface area contributed by atoms with E-state index < -0.39 is 17.7 Å². The Bertz CT molecular complexity index is 1310. The molecular weight excluding hydrogens is 468 g/mol. The fourth-order valence-electron chi connectivity index (χ4n) is 4.50. The SMILES string of the molecule is CCOc1cccc(CN2C(=O)C(=O)/C(=C(\O)c3cccc(OCC)c3)C2c2ccc(N(C)C)cc2)c1. The first kappa shape index (κ1) is 25.8. The molecule has 0 radical (unpaired) electrons. The number of amides is 1. The average Bonchev–Trinajstić information content (AvgIpc) is 3.14. The van der Waals surface area contributed by atoms with E-state index in [0.717, 1.165) is 16.8 Å². The standard InChI is InChI=1S/C30H32N2O5/c1-5-36-24-11-7-9-20(17-24)19-32-27(21-13-15-23(16-14-21)31(3)4)26(29(34)30(32)35)28(33)22-10-8-12-25(18-22)37-6-2/h7-18,27,33H,5-6,19H2,1-4H3/b28-26-. The van der Waals surface area contributed by atoms with E-state index in [1.54, 1.807) is 24.3 Å². The van der Waals surface area contributed by atoms with Crippen molar-refractivity contribution in [3.63, 3.8) is 0 Å². The number of ether oxygens (including phenoxy) is 2. The predicted octanol–water partition coefficient (Wildman–Crippen LogP) is 5.17.